The van der Waals surface area contributed by atoms with Crippen LogP contribution in [0.25, 0.3) is 0 Å². The number of unbranched alkanes of at least 4 members (excludes halogenated alkanes) is 18. The molecular weight excluding hydrogens is 510 g/mol. The van der Waals surface area contributed by atoms with Crippen LogP contribution in [0.1, 0.15) is 181 Å². The van der Waals surface area contributed by atoms with E-state index in [9.17, 15) is 9.59 Å². The van der Waals surface area contributed by atoms with Crippen LogP contribution in [0, 0.1) is 5.92 Å². The Hall–Kier alpha value is -0.940. The maximum Gasteiger partial charge on any atom is 0.305 e. The van der Waals surface area contributed by atoms with E-state index in [1.54, 1.807) is 0 Å². The van der Waals surface area contributed by atoms with Gasteiger partial charge >= 0.3 is 5.97 Å². The molecule has 0 aliphatic heterocycles. The summed E-state index contributed by atoms with van der Waals surface area (Å²) in [7, 11) is 0. The van der Waals surface area contributed by atoms with Crippen molar-refractivity contribution in [1.82, 2.24) is 4.90 Å². The lowest BCUT2D eigenvalue weighted by Gasteiger charge is -2.22. The van der Waals surface area contributed by atoms with Gasteiger partial charge in [-0.2, -0.15) is 0 Å². The maximum atomic E-state index is 12.4. The normalized spacial score (nSPS) is 12.2. The number of esters is 1. The maximum absolute atomic E-state index is 12.4. The quantitative estimate of drug-likeness (QED) is 0.0465. The Morgan fingerprint density at radius 2 is 1.10 bits per heavy atom. The molecule has 0 radical (unpaired) electrons. The number of hydrogen-bond donors (Lipinski definition) is 1. The molecule has 0 saturated heterocycles. The van der Waals surface area contributed by atoms with Gasteiger partial charge in [-0.05, 0) is 76.9 Å². The standard InChI is InChI=1S/C36H71NO4/c1-3-5-7-9-13-19-27-35(26-18-8-6-4-2)34-41-36(40)28-20-14-12-16-22-30-37(31-23-25-33-39)29-21-15-10-11-17-24-32-38/h32,35,39H,3-31,33-34H2,1-2H3. The zero-order valence-electron chi connectivity index (χ0n) is 27.7. The van der Waals surface area contributed by atoms with Crippen LogP contribution in [0.15, 0.2) is 0 Å². The number of nitrogens with zero attached hydrogens (tertiary/aromatic N) is 1. The second-order valence-electron chi connectivity index (χ2n) is 12.5. The van der Waals surface area contributed by atoms with Crippen molar-refractivity contribution in [3.05, 3.63) is 0 Å². The lowest BCUT2D eigenvalue weighted by atomic mass is 9.95. The molecule has 0 heterocycles. The summed E-state index contributed by atoms with van der Waals surface area (Å²) in [4.78, 5) is 25.4. The van der Waals surface area contributed by atoms with E-state index in [-0.39, 0.29) is 12.6 Å². The summed E-state index contributed by atoms with van der Waals surface area (Å²) in [5.74, 6) is 0.553. The van der Waals surface area contributed by atoms with Crippen molar-refractivity contribution in [2.24, 2.45) is 5.92 Å². The number of aldehydes is 1. The van der Waals surface area contributed by atoms with Crippen molar-refractivity contribution >= 4 is 12.3 Å². The lowest BCUT2D eigenvalue weighted by Crippen LogP contribution is -2.27. The third-order valence-electron chi connectivity index (χ3n) is 8.45. The first kappa shape index (κ1) is 40.1. The number of carbonyl (C=O) groups excluding carboxylic acids is 2. The third kappa shape index (κ3) is 30.3. The smallest absolute Gasteiger partial charge is 0.305 e. The fourth-order valence-corrected chi connectivity index (χ4v) is 5.68. The van der Waals surface area contributed by atoms with Crippen molar-refractivity contribution in [2.75, 3.05) is 32.8 Å². The minimum absolute atomic E-state index is 0.00715. The molecule has 0 saturated carbocycles. The molecule has 244 valence electrons. The van der Waals surface area contributed by atoms with Gasteiger partial charge in [0, 0.05) is 19.4 Å². The lowest BCUT2D eigenvalue weighted by molar-refractivity contribution is -0.145. The van der Waals surface area contributed by atoms with Crippen molar-refractivity contribution in [3.63, 3.8) is 0 Å². The van der Waals surface area contributed by atoms with Gasteiger partial charge in [-0.3, -0.25) is 4.79 Å². The molecule has 5 heteroatoms. The van der Waals surface area contributed by atoms with Gasteiger partial charge in [0.1, 0.15) is 6.29 Å². The predicted molar refractivity (Wildman–Crippen MR) is 175 cm³/mol. The molecule has 0 aliphatic carbocycles. The Labute approximate surface area is 256 Å². The van der Waals surface area contributed by atoms with Gasteiger partial charge in [0.2, 0.25) is 0 Å². The molecule has 0 aromatic carbocycles. The Balaban J connectivity index is 4.04. The van der Waals surface area contributed by atoms with Gasteiger partial charge in [-0.1, -0.05) is 117 Å². The molecule has 5 nitrogen and oxygen atoms in total. The summed E-state index contributed by atoms with van der Waals surface area (Å²) < 4.78 is 5.76. The Bertz CT molecular complexity index is 542. The summed E-state index contributed by atoms with van der Waals surface area (Å²) in [6.07, 6.45) is 31.3. The van der Waals surface area contributed by atoms with Crippen LogP contribution in [0.5, 0.6) is 0 Å². The second-order valence-corrected chi connectivity index (χ2v) is 12.5. The molecule has 0 aliphatic rings. The number of rotatable bonds is 34. The van der Waals surface area contributed by atoms with E-state index < -0.39 is 0 Å². The molecule has 0 aromatic heterocycles. The van der Waals surface area contributed by atoms with Crippen LogP contribution in [0.4, 0.5) is 0 Å². The number of aliphatic hydroxyl groups excluding tert-OH is 1. The highest BCUT2D eigenvalue weighted by Crippen LogP contribution is 2.20. The van der Waals surface area contributed by atoms with Crippen LogP contribution >= 0.6 is 0 Å². The minimum Gasteiger partial charge on any atom is -0.465 e. The summed E-state index contributed by atoms with van der Waals surface area (Å²) >= 11 is 0. The van der Waals surface area contributed by atoms with Crippen molar-refractivity contribution in [1.29, 1.82) is 0 Å². The topological polar surface area (TPSA) is 66.8 Å². The summed E-state index contributed by atoms with van der Waals surface area (Å²) in [5, 5.41) is 9.14. The summed E-state index contributed by atoms with van der Waals surface area (Å²) in [6.45, 7) is 8.80. The fourth-order valence-electron chi connectivity index (χ4n) is 5.68. The molecule has 41 heavy (non-hydrogen) atoms. The van der Waals surface area contributed by atoms with E-state index >= 15 is 0 Å². The van der Waals surface area contributed by atoms with E-state index in [0.717, 1.165) is 64.4 Å². The second kappa shape index (κ2) is 33.6. The minimum atomic E-state index is 0.00715. The van der Waals surface area contributed by atoms with Gasteiger partial charge in [0.05, 0.1) is 6.61 Å². The average Bonchev–Trinajstić information content (AvgIpc) is 2.98. The van der Waals surface area contributed by atoms with Gasteiger partial charge < -0.3 is 19.5 Å². The number of hydrogen-bond acceptors (Lipinski definition) is 5. The van der Waals surface area contributed by atoms with Gasteiger partial charge in [-0.15, -0.1) is 0 Å². The van der Waals surface area contributed by atoms with Crippen LogP contribution in [-0.2, 0) is 14.3 Å². The molecule has 0 bridgehead atoms. The van der Waals surface area contributed by atoms with Crippen LogP contribution in [0.3, 0.4) is 0 Å². The van der Waals surface area contributed by atoms with Crippen LogP contribution < -0.4 is 0 Å². The fraction of sp³-hybridized carbons (Fsp3) is 0.944. The first-order chi connectivity index (χ1) is 20.2. The third-order valence-corrected chi connectivity index (χ3v) is 8.45. The molecule has 1 unspecified atom stereocenters. The first-order valence-corrected chi connectivity index (χ1v) is 18.1. The van der Waals surface area contributed by atoms with Crippen LogP contribution in [-0.4, -0.2) is 55.1 Å². The number of ether oxygens (including phenoxy) is 1. The molecule has 0 fully saturated rings. The monoisotopic (exact) mass is 582 g/mol. The summed E-state index contributed by atoms with van der Waals surface area (Å²) in [5.41, 5.74) is 0. The van der Waals surface area contributed by atoms with Crippen LogP contribution in [0.2, 0.25) is 0 Å². The zero-order chi connectivity index (χ0) is 30.1. The molecule has 1 atom stereocenters. The SMILES string of the molecule is CCCCCCCCC(CCCCCC)COC(=O)CCCCCCCN(CCCCO)CCCCCCCC=O. The highest BCUT2D eigenvalue weighted by atomic mass is 16.5. The van der Waals surface area contributed by atoms with E-state index in [1.807, 2.05) is 0 Å². The van der Waals surface area contributed by atoms with Gasteiger partial charge in [0.25, 0.3) is 0 Å². The Morgan fingerprint density at radius 3 is 1.66 bits per heavy atom. The van der Waals surface area contributed by atoms with Gasteiger partial charge in [0.15, 0.2) is 0 Å². The predicted octanol–water partition coefficient (Wildman–Crippen LogP) is 9.82. The van der Waals surface area contributed by atoms with Crippen molar-refractivity contribution < 1.29 is 19.4 Å². The first-order valence-electron chi connectivity index (χ1n) is 18.1. The van der Waals surface area contributed by atoms with E-state index in [0.29, 0.717) is 25.4 Å². The highest BCUT2D eigenvalue weighted by molar-refractivity contribution is 5.69. The molecule has 0 rings (SSSR count). The molecular formula is C36H71NO4. The van der Waals surface area contributed by atoms with E-state index in [2.05, 4.69) is 18.7 Å². The number of aliphatic hydroxyl groups is 1. The molecule has 0 spiro atoms. The summed E-state index contributed by atoms with van der Waals surface area (Å²) in [6, 6.07) is 0. The molecule has 0 aromatic rings. The molecule has 1 N–H and O–H groups in total. The Morgan fingerprint density at radius 1 is 0.634 bits per heavy atom. The van der Waals surface area contributed by atoms with Crippen molar-refractivity contribution in [3.8, 4) is 0 Å². The highest BCUT2D eigenvalue weighted by Gasteiger charge is 2.12. The van der Waals surface area contributed by atoms with Crippen molar-refractivity contribution in [2.45, 2.75) is 181 Å². The average molecular weight is 582 g/mol. The van der Waals surface area contributed by atoms with Gasteiger partial charge in [-0.25, -0.2) is 0 Å². The zero-order valence-corrected chi connectivity index (χ0v) is 27.7. The largest absolute Gasteiger partial charge is 0.465 e. The van der Waals surface area contributed by atoms with E-state index in [1.165, 1.54) is 116 Å². The Kier molecular flexibility index (Phi) is 32.8. The van der Waals surface area contributed by atoms with E-state index in [4.69, 9.17) is 9.84 Å². The molecule has 0 amide bonds. The number of carbonyl (C=O) groups is 2.